The van der Waals surface area contributed by atoms with Crippen LogP contribution in [0.3, 0.4) is 0 Å². The largest absolute Gasteiger partial charge is 0.497 e. The van der Waals surface area contributed by atoms with Crippen molar-refractivity contribution in [1.29, 1.82) is 0 Å². The summed E-state index contributed by atoms with van der Waals surface area (Å²) in [4.78, 5) is 8.95. The number of methoxy groups -OCH3 is 2. The number of ether oxygens (including phenoxy) is 2. The van der Waals surface area contributed by atoms with Crippen molar-refractivity contribution < 1.29 is 9.47 Å². The second kappa shape index (κ2) is 12.1. The number of nitrogens with zero attached hydrogens (tertiary/aromatic N) is 3. The lowest BCUT2D eigenvalue weighted by Gasteiger charge is -2.21. The number of rotatable bonds is 8. The first kappa shape index (κ1) is 24.4. The van der Waals surface area contributed by atoms with Crippen LogP contribution in [0.4, 0.5) is 0 Å². The molecular weight excluding hydrogens is 507 g/mol. The van der Waals surface area contributed by atoms with Crippen LogP contribution in [-0.2, 0) is 6.54 Å². The molecule has 166 valence electrons. The number of hydrogen-bond acceptors (Lipinski definition) is 5. The summed E-state index contributed by atoms with van der Waals surface area (Å²) in [5, 5.41) is 13.5. The van der Waals surface area contributed by atoms with Crippen LogP contribution >= 0.6 is 24.0 Å². The number of hydrogen-bond donors (Lipinski definition) is 3. The van der Waals surface area contributed by atoms with Crippen LogP contribution in [0.25, 0.3) is 11.4 Å². The summed E-state index contributed by atoms with van der Waals surface area (Å²) < 4.78 is 10.9. The van der Waals surface area contributed by atoms with Gasteiger partial charge < -0.3 is 20.1 Å². The molecule has 0 radical (unpaired) electrons. The van der Waals surface area contributed by atoms with E-state index in [-0.39, 0.29) is 30.0 Å². The molecule has 31 heavy (non-hydrogen) atoms. The van der Waals surface area contributed by atoms with Gasteiger partial charge >= 0.3 is 0 Å². The van der Waals surface area contributed by atoms with Gasteiger partial charge in [0.15, 0.2) is 11.8 Å². The first-order chi connectivity index (χ1) is 14.6. The van der Waals surface area contributed by atoms with Crippen molar-refractivity contribution in [3.63, 3.8) is 0 Å². The third-order valence-electron chi connectivity index (χ3n) is 4.64. The van der Waals surface area contributed by atoms with E-state index in [1.54, 1.807) is 14.2 Å². The van der Waals surface area contributed by atoms with Crippen molar-refractivity contribution >= 4 is 29.9 Å². The maximum Gasteiger partial charge on any atom is 0.192 e. The number of guanidine groups is 1. The van der Waals surface area contributed by atoms with Gasteiger partial charge in [-0.25, -0.2) is 9.98 Å². The van der Waals surface area contributed by atoms with E-state index in [1.807, 2.05) is 43.3 Å². The third-order valence-corrected chi connectivity index (χ3v) is 4.64. The molecule has 0 aliphatic rings. The van der Waals surface area contributed by atoms with Crippen molar-refractivity contribution in [2.24, 2.45) is 4.99 Å². The molecule has 1 unspecified atom stereocenters. The molecule has 1 aromatic heterocycles. The molecule has 1 heterocycles. The Morgan fingerprint density at radius 1 is 1.16 bits per heavy atom. The zero-order valence-electron chi connectivity index (χ0n) is 18.2. The number of aromatic amines is 1. The van der Waals surface area contributed by atoms with Gasteiger partial charge in [0.1, 0.15) is 17.8 Å². The molecule has 0 bridgehead atoms. The van der Waals surface area contributed by atoms with Crippen LogP contribution < -0.4 is 20.1 Å². The van der Waals surface area contributed by atoms with E-state index in [0.717, 1.165) is 46.5 Å². The smallest absolute Gasteiger partial charge is 0.192 e. The van der Waals surface area contributed by atoms with E-state index in [2.05, 4.69) is 38.8 Å². The minimum Gasteiger partial charge on any atom is -0.497 e. The summed E-state index contributed by atoms with van der Waals surface area (Å²) in [6.07, 6.45) is 1.50. The van der Waals surface area contributed by atoms with E-state index in [1.165, 1.54) is 6.33 Å². The Morgan fingerprint density at radius 3 is 2.68 bits per heavy atom. The number of aliphatic imine (C=N–C) groups is 1. The van der Waals surface area contributed by atoms with Crippen molar-refractivity contribution in [3.8, 4) is 22.9 Å². The first-order valence-corrected chi connectivity index (χ1v) is 9.86. The third kappa shape index (κ3) is 6.58. The van der Waals surface area contributed by atoms with E-state index >= 15 is 0 Å². The maximum absolute atomic E-state index is 5.52. The summed E-state index contributed by atoms with van der Waals surface area (Å²) in [6.45, 7) is 5.39. The van der Waals surface area contributed by atoms with Gasteiger partial charge in [0.05, 0.1) is 26.8 Å². The van der Waals surface area contributed by atoms with Gasteiger partial charge in [0.25, 0.3) is 0 Å². The fourth-order valence-electron chi connectivity index (χ4n) is 3.11. The van der Waals surface area contributed by atoms with Crippen LogP contribution in [0.1, 0.15) is 31.0 Å². The van der Waals surface area contributed by atoms with Crippen molar-refractivity contribution in [1.82, 2.24) is 25.8 Å². The molecule has 1 atom stereocenters. The quantitative estimate of drug-likeness (QED) is 0.230. The standard InChI is InChI=1S/C22H28N6O2.HI/c1-5-23-22(27-15(2)19-12-18(29-3)9-10-20(19)30-4)24-13-16-7-6-8-17(11-16)21-25-14-26-28-21;/h6-12,14-15H,5,13H2,1-4H3,(H2,23,24,27)(H,25,26,28);1H. The van der Waals surface area contributed by atoms with E-state index < -0.39 is 0 Å². The summed E-state index contributed by atoms with van der Waals surface area (Å²) >= 11 is 0. The molecule has 0 fully saturated rings. The molecular formula is C22H29IN6O2. The Morgan fingerprint density at radius 2 is 2.00 bits per heavy atom. The number of benzene rings is 2. The van der Waals surface area contributed by atoms with Crippen LogP contribution in [0.5, 0.6) is 11.5 Å². The lowest BCUT2D eigenvalue weighted by Crippen LogP contribution is -2.38. The van der Waals surface area contributed by atoms with Crippen LogP contribution in [0, 0.1) is 0 Å². The lowest BCUT2D eigenvalue weighted by molar-refractivity contribution is 0.394. The highest BCUT2D eigenvalue weighted by Crippen LogP contribution is 2.29. The number of halogens is 1. The highest BCUT2D eigenvalue weighted by Gasteiger charge is 2.14. The summed E-state index contributed by atoms with van der Waals surface area (Å²) in [5.41, 5.74) is 3.05. The van der Waals surface area contributed by atoms with E-state index in [0.29, 0.717) is 6.54 Å². The molecule has 0 spiro atoms. The van der Waals surface area contributed by atoms with Gasteiger partial charge in [-0.15, -0.1) is 24.0 Å². The second-order valence-corrected chi connectivity index (χ2v) is 6.70. The minimum atomic E-state index is -0.0339. The zero-order valence-corrected chi connectivity index (χ0v) is 20.5. The Hall–Kier alpha value is -2.82. The molecule has 0 aliphatic carbocycles. The molecule has 8 nitrogen and oxygen atoms in total. The molecule has 3 rings (SSSR count). The molecule has 9 heteroatoms. The predicted molar refractivity (Wildman–Crippen MR) is 133 cm³/mol. The normalized spacial score (nSPS) is 11.9. The topological polar surface area (TPSA) is 96.5 Å². The van der Waals surface area contributed by atoms with E-state index in [4.69, 9.17) is 14.5 Å². The van der Waals surface area contributed by atoms with Crippen LogP contribution in [0.2, 0.25) is 0 Å². The second-order valence-electron chi connectivity index (χ2n) is 6.70. The Bertz CT molecular complexity index is 978. The van der Waals surface area contributed by atoms with Crippen molar-refractivity contribution in [3.05, 3.63) is 59.9 Å². The fourth-order valence-corrected chi connectivity index (χ4v) is 3.11. The molecule has 0 aliphatic heterocycles. The number of aromatic nitrogens is 3. The van der Waals surface area contributed by atoms with Gasteiger partial charge in [0, 0.05) is 17.7 Å². The Labute approximate surface area is 199 Å². The molecule has 0 saturated carbocycles. The number of nitrogens with one attached hydrogen (secondary N) is 3. The van der Waals surface area contributed by atoms with Gasteiger partial charge in [0.2, 0.25) is 0 Å². The maximum atomic E-state index is 5.52. The predicted octanol–water partition coefficient (Wildman–Crippen LogP) is 3.92. The minimum absolute atomic E-state index is 0. The molecule has 0 saturated heterocycles. The molecule has 3 aromatic rings. The summed E-state index contributed by atoms with van der Waals surface area (Å²) in [7, 11) is 3.32. The van der Waals surface area contributed by atoms with Gasteiger partial charge in [-0.2, -0.15) is 5.10 Å². The highest BCUT2D eigenvalue weighted by atomic mass is 127. The fraction of sp³-hybridized carbons (Fsp3) is 0.318. The summed E-state index contributed by atoms with van der Waals surface area (Å²) in [6, 6.07) is 13.8. The molecule has 2 aromatic carbocycles. The Kier molecular flexibility index (Phi) is 9.57. The molecule has 3 N–H and O–H groups in total. The first-order valence-electron chi connectivity index (χ1n) is 9.86. The SMILES string of the molecule is CCNC(=NCc1cccc(-c2ncn[nH]2)c1)NC(C)c1cc(OC)ccc1OC.I. The summed E-state index contributed by atoms with van der Waals surface area (Å²) in [5.74, 6) is 3.04. The highest BCUT2D eigenvalue weighted by molar-refractivity contribution is 14.0. The van der Waals surface area contributed by atoms with Crippen LogP contribution in [-0.4, -0.2) is 41.9 Å². The average molecular weight is 536 g/mol. The molecule has 0 amide bonds. The lowest BCUT2D eigenvalue weighted by atomic mass is 10.1. The zero-order chi connectivity index (χ0) is 21.3. The van der Waals surface area contributed by atoms with E-state index in [9.17, 15) is 0 Å². The van der Waals surface area contributed by atoms with Crippen LogP contribution in [0.15, 0.2) is 53.8 Å². The van der Waals surface area contributed by atoms with Gasteiger partial charge in [-0.1, -0.05) is 18.2 Å². The van der Waals surface area contributed by atoms with Gasteiger partial charge in [-0.3, -0.25) is 5.10 Å². The van der Waals surface area contributed by atoms with Crippen molar-refractivity contribution in [2.45, 2.75) is 26.4 Å². The monoisotopic (exact) mass is 536 g/mol. The Balaban J connectivity index is 0.00000341. The number of H-pyrrole nitrogens is 1. The van der Waals surface area contributed by atoms with Crippen molar-refractivity contribution in [2.75, 3.05) is 20.8 Å². The van der Waals surface area contributed by atoms with Gasteiger partial charge in [-0.05, 0) is 43.7 Å². The average Bonchev–Trinajstić information content (AvgIpc) is 3.32.